The van der Waals surface area contributed by atoms with Crippen LogP contribution in [-0.4, -0.2) is 16.2 Å². The molecule has 0 radical (unpaired) electrons. The molecule has 0 saturated heterocycles. The van der Waals surface area contributed by atoms with Crippen molar-refractivity contribution in [2.45, 2.75) is 33.0 Å². The molecule has 0 bridgehead atoms. The Hall–Kier alpha value is -4.17. The summed E-state index contributed by atoms with van der Waals surface area (Å²) in [4.78, 5) is 11.2. The lowest BCUT2D eigenvalue weighted by atomic mass is 10.1. The second-order valence-electron chi connectivity index (χ2n) is 8.70. The standard InChI is InChI=1S/C29H24ClF2NO5/c1-17(2)27-22(26(33-38-27)16-37-28-24(31)7-4-8-25(28)32)15-36-21-12-11-19(23(30)14-21)10-9-18-5-3-6-20(13-18)29(34)35/h3-14,17H,15-16H2,1-2H3,(H,34,35)/b10-9+. The highest BCUT2D eigenvalue weighted by Crippen LogP contribution is 2.29. The van der Waals surface area contributed by atoms with Crippen molar-refractivity contribution in [3.63, 3.8) is 0 Å². The third kappa shape index (κ3) is 6.39. The number of halogens is 3. The number of aromatic nitrogens is 1. The summed E-state index contributed by atoms with van der Waals surface area (Å²) in [5, 5.41) is 13.6. The quantitative estimate of drug-likeness (QED) is 0.207. The van der Waals surface area contributed by atoms with Crippen LogP contribution >= 0.6 is 11.6 Å². The molecule has 0 aliphatic heterocycles. The van der Waals surface area contributed by atoms with Gasteiger partial charge in [0, 0.05) is 5.92 Å². The predicted molar refractivity (Wildman–Crippen MR) is 139 cm³/mol. The highest BCUT2D eigenvalue weighted by Gasteiger charge is 2.21. The van der Waals surface area contributed by atoms with Crippen LogP contribution in [0.4, 0.5) is 8.78 Å². The van der Waals surface area contributed by atoms with E-state index in [4.69, 9.17) is 30.7 Å². The fraction of sp³-hybridized carbons (Fsp3) is 0.172. The van der Waals surface area contributed by atoms with Gasteiger partial charge in [0.05, 0.1) is 16.1 Å². The van der Waals surface area contributed by atoms with Crippen molar-refractivity contribution in [3.05, 3.63) is 111 Å². The molecule has 0 spiro atoms. The Morgan fingerprint density at radius 1 is 1.03 bits per heavy atom. The zero-order valence-electron chi connectivity index (χ0n) is 20.6. The first-order valence-electron chi connectivity index (χ1n) is 11.7. The van der Waals surface area contributed by atoms with Crippen LogP contribution in [0.1, 0.15) is 58.3 Å². The van der Waals surface area contributed by atoms with Crippen LogP contribution in [0, 0.1) is 11.6 Å². The first kappa shape index (κ1) is 26.9. The van der Waals surface area contributed by atoms with Gasteiger partial charge in [0.1, 0.15) is 30.4 Å². The number of para-hydroxylation sites is 1. The molecule has 0 unspecified atom stereocenters. The summed E-state index contributed by atoms with van der Waals surface area (Å²) in [7, 11) is 0. The number of hydrogen-bond donors (Lipinski definition) is 1. The van der Waals surface area contributed by atoms with Crippen LogP contribution in [0.5, 0.6) is 11.5 Å². The summed E-state index contributed by atoms with van der Waals surface area (Å²) in [6.07, 6.45) is 3.55. The molecule has 6 nitrogen and oxygen atoms in total. The third-order valence-electron chi connectivity index (χ3n) is 5.64. The van der Waals surface area contributed by atoms with Crippen molar-refractivity contribution >= 4 is 29.7 Å². The number of ether oxygens (including phenoxy) is 2. The van der Waals surface area contributed by atoms with Gasteiger partial charge in [-0.1, -0.05) is 61.0 Å². The third-order valence-corrected chi connectivity index (χ3v) is 5.97. The molecule has 0 aliphatic carbocycles. The molecule has 196 valence electrons. The fourth-order valence-electron chi connectivity index (χ4n) is 3.69. The van der Waals surface area contributed by atoms with Crippen molar-refractivity contribution < 1.29 is 32.7 Å². The average Bonchev–Trinajstić information content (AvgIpc) is 3.30. The van der Waals surface area contributed by atoms with Crippen LogP contribution in [0.15, 0.2) is 65.2 Å². The number of rotatable bonds is 10. The zero-order valence-corrected chi connectivity index (χ0v) is 21.3. The van der Waals surface area contributed by atoms with Gasteiger partial charge in [0.25, 0.3) is 0 Å². The number of carboxylic acids is 1. The van der Waals surface area contributed by atoms with E-state index in [1.54, 1.807) is 48.6 Å². The van der Waals surface area contributed by atoms with Crippen molar-refractivity contribution in [1.82, 2.24) is 5.16 Å². The van der Waals surface area contributed by atoms with E-state index in [1.807, 2.05) is 13.8 Å². The highest BCUT2D eigenvalue weighted by molar-refractivity contribution is 6.32. The Morgan fingerprint density at radius 2 is 1.76 bits per heavy atom. The first-order valence-corrected chi connectivity index (χ1v) is 12.1. The normalized spacial score (nSPS) is 11.3. The molecule has 9 heteroatoms. The number of hydrogen-bond acceptors (Lipinski definition) is 5. The van der Waals surface area contributed by atoms with E-state index >= 15 is 0 Å². The summed E-state index contributed by atoms with van der Waals surface area (Å²) in [6.45, 7) is 3.72. The van der Waals surface area contributed by atoms with Gasteiger partial charge in [-0.2, -0.15) is 0 Å². The smallest absolute Gasteiger partial charge is 0.335 e. The van der Waals surface area contributed by atoms with Gasteiger partial charge in [-0.3, -0.25) is 0 Å². The molecule has 0 saturated carbocycles. The van der Waals surface area contributed by atoms with Gasteiger partial charge in [0.15, 0.2) is 17.4 Å². The number of carboxylic acid groups (broad SMARTS) is 1. The molecule has 0 aliphatic rings. The van der Waals surface area contributed by atoms with E-state index in [-0.39, 0.29) is 24.7 Å². The van der Waals surface area contributed by atoms with Gasteiger partial charge in [-0.15, -0.1) is 0 Å². The van der Waals surface area contributed by atoms with Gasteiger partial charge >= 0.3 is 5.97 Å². The second kappa shape index (κ2) is 11.9. The lowest BCUT2D eigenvalue weighted by molar-refractivity contribution is 0.0697. The van der Waals surface area contributed by atoms with E-state index in [1.165, 1.54) is 12.1 Å². The average molecular weight is 540 g/mol. The molecular weight excluding hydrogens is 516 g/mol. The Labute approximate surface area is 223 Å². The Balaban J connectivity index is 1.47. The van der Waals surface area contributed by atoms with Gasteiger partial charge < -0.3 is 19.1 Å². The molecule has 0 amide bonds. The molecule has 1 heterocycles. The molecule has 38 heavy (non-hydrogen) atoms. The molecular formula is C29H24ClF2NO5. The summed E-state index contributed by atoms with van der Waals surface area (Å²) < 4.78 is 44.7. The maximum atomic E-state index is 14.0. The minimum Gasteiger partial charge on any atom is -0.489 e. The highest BCUT2D eigenvalue weighted by atomic mass is 35.5. The monoisotopic (exact) mass is 539 g/mol. The van der Waals surface area contributed by atoms with Crippen molar-refractivity contribution in [2.75, 3.05) is 0 Å². The molecule has 4 aromatic rings. The van der Waals surface area contributed by atoms with Gasteiger partial charge in [0.2, 0.25) is 0 Å². The molecule has 1 N–H and O–H groups in total. The first-order chi connectivity index (χ1) is 18.2. The van der Waals surface area contributed by atoms with Crippen LogP contribution in [-0.2, 0) is 13.2 Å². The van der Waals surface area contributed by atoms with E-state index in [0.29, 0.717) is 33.4 Å². The lowest BCUT2D eigenvalue weighted by Crippen LogP contribution is -2.06. The number of nitrogens with zero attached hydrogens (tertiary/aromatic N) is 1. The van der Waals surface area contributed by atoms with E-state index in [2.05, 4.69) is 5.16 Å². The Morgan fingerprint density at radius 3 is 2.45 bits per heavy atom. The topological polar surface area (TPSA) is 81.8 Å². The lowest BCUT2D eigenvalue weighted by Gasteiger charge is -2.11. The van der Waals surface area contributed by atoms with Crippen LogP contribution in [0.3, 0.4) is 0 Å². The predicted octanol–water partition coefficient (Wildman–Crippen LogP) is 7.76. The van der Waals surface area contributed by atoms with Gasteiger partial charge in [-0.25, -0.2) is 13.6 Å². The summed E-state index contributed by atoms with van der Waals surface area (Å²) >= 11 is 6.45. The fourth-order valence-corrected chi connectivity index (χ4v) is 3.92. The maximum absolute atomic E-state index is 14.0. The van der Waals surface area contributed by atoms with Crippen LogP contribution in [0.2, 0.25) is 5.02 Å². The number of aromatic carboxylic acids is 1. The van der Waals surface area contributed by atoms with Crippen molar-refractivity contribution in [3.8, 4) is 11.5 Å². The minimum absolute atomic E-state index is 0.0178. The maximum Gasteiger partial charge on any atom is 0.335 e. The molecule has 1 aromatic heterocycles. The Kier molecular flexibility index (Phi) is 8.43. The van der Waals surface area contributed by atoms with Crippen molar-refractivity contribution in [1.29, 1.82) is 0 Å². The summed E-state index contributed by atoms with van der Waals surface area (Å²) in [6, 6.07) is 15.2. The van der Waals surface area contributed by atoms with Crippen LogP contribution in [0.25, 0.3) is 12.2 Å². The van der Waals surface area contributed by atoms with E-state index in [0.717, 1.165) is 17.7 Å². The SMILES string of the molecule is CC(C)c1onc(COc2c(F)cccc2F)c1COc1ccc(/C=C/c2cccc(C(=O)O)c2)c(Cl)c1. The van der Waals surface area contributed by atoms with Crippen LogP contribution < -0.4 is 9.47 Å². The molecule has 0 atom stereocenters. The minimum atomic E-state index is -0.998. The molecule has 0 fully saturated rings. The number of carbonyl (C=O) groups is 1. The molecule has 3 aromatic carbocycles. The summed E-state index contributed by atoms with van der Waals surface area (Å²) in [5.41, 5.74) is 2.62. The van der Waals surface area contributed by atoms with E-state index in [9.17, 15) is 13.6 Å². The zero-order chi connectivity index (χ0) is 27.2. The van der Waals surface area contributed by atoms with Gasteiger partial charge in [-0.05, 0) is 53.6 Å². The number of benzene rings is 3. The largest absolute Gasteiger partial charge is 0.489 e. The molecule has 4 rings (SSSR count). The van der Waals surface area contributed by atoms with Crippen molar-refractivity contribution in [2.24, 2.45) is 0 Å². The Bertz CT molecular complexity index is 1460. The summed E-state index contributed by atoms with van der Waals surface area (Å²) in [5.74, 6) is -2.06. The van der Waals surface area contributed by atoms with E-state index < -0.39 is 23.4 Å². The second-order valence-corrected chi connectivity index (χ2v) is 9.11.